The maximum Gasteiger partial charge on any atom is 0.143 e. The molecule has 0 aliphatic rings. The Balaban J connectivity index is 0.00000149. The van der Waals surface area contributed by atoms with Crippen molar-refractivity contribution in [3.8, 4) is 0 Å². The van der Waals surface area contributed by atoms with Gasteiger partial charge in [-0.15, -0.1) is 0 Å². The fraction of sp³-hybridized carbons (Fsp3) is 0.222. The van der Waals surface area contributed by atoms with Crippen LogP contribution >= 0.6 is 0 Å². The van der Waals surface area contributed by atoms with Gasteiger partial charge >= 0.3 is 0 Å². The molecular weight excluding hydrogens is 412 g/mol. The van der Waals surface area contributed by atoms with Gasteiger partial charge in [-0.1, -0.05) is 45.0 Å². The molecule has 0 atom stereocenters. The van der Waals surface area contributed by atoms with Gasteiger partial charge in [0.25, 0.3) is 0 Å². The van der Waals surface area contributed by atoms with E-state index in [0.29, 0.717) is 18.9 Å². The van der Waals surface area contributed by atoms with E-state index in [-0.39, 0.29) is 0 Å². The first-order chi connectivity index (χ1) is 16.1. The molecule has 2 aromatic heterocycles. The van der Waals surface area contributed by atoms with Crippen molar-refractivity contribution < 1.29 is 8.83 Å². The van der Waals surface area contributed by atoms with Crippen LogP contribution < -0.4 is 11.6 Å². The van der Waals surface area contributed by atoms with Gasteiger partial charge < -0.3 is 14.6 Å². The summed E-state index contributed by atoms with van der Waals surface area (Å²) in [6, 6.07) is 15.8. The second-order valence-corrected chi connectivity index (χ2v) is 7.37. The summed E-state index contributed by atoms with van der Waals surface area (Å²) in [4.78, 5) is 4.75. The molecule has 0 fully saturated rings. The number of hydrazine groups is 1. The molecule has 6 heteroatoms. The minimum Gasteiger partial charge on any atom is -0.464 e. The van der Waals surface area contributed by atoms with Crippen LogP contribution in [0.3, 0.4) is 0 Å². The summed E-state index contributed by atoms with van der Waals surface area (Å²) in [5.41, 5.74) is 12.1. The van der Waals surface area contributed by atoms with Gasteiger partial charge in [-0.05, 0) is 48.9 Å². The van der Waals surface area contributed by atoms with Crippen molar-refractivity contribution in [2.45, 2.75) is 27.7 Å². The van der Waals surface area contributed by atoms with Crippen LogP contribution in [0.15, 0.2) is 92.6 Å². The van der Waals surface area contributed by atoms with E-state index in [1.54, 1.807) is 17.5 Å². The third kappa shape index (κ3) is 5.61. The second kappa shape index (κ2) is 11.3. The molecule has 4 N–H and O–H groups in total. The number of furan rings is 2. The van der Waals surface area contributed by atoms with Gasteiger partial charge in [0.15, 0.2) is 0 Å². The Labute approximate surface area is 194 Å². The molecule has 0 unspecified atom stereocenters. The average Bonchev–Trinajstić information content (AvgIpc) is 3.51. The predicted octanol–water partition coefficient (Wildman–Crippen LogP) is 6.09. The SMILES string of the molecule is CC.CCN(N)C\N=C(/C=C(C)/C=C(\N)c1cccc2ccoc12)c1cccc2ccoc12. The highest BCUT2D eigenvalue weighted by atomic mass is 16.3. The van der Waals surface area contributed by atoms with E-state index >= 15 is 0 Å². The van der Waals surface area contributed by atoms with Gasteiger partial charge in [0, 0.05) is 34.1 Å². The van der Waals surface area contributed by atoms with Crippen LogP contribution in [0.2, 0.25) is 0 Å². The van der Waals surface area contributed by atoms with Crippen LogP contribution in [0.5, 0.6) is 0 Å². The Kier molecular flexibility index (Phi) is 8.24. The first kappa shape index (κ1) is 24.0. The van der Waals surface area contributed by atoms with Crippen molar-refractivity contribution >= 4 is 33.3 Å². The van der Waals surface area contributed by atoms with Crippen molar-refractivity contribution in [2.24, 2.45) is 16.6 Å². The molecule has 33 heavy (non-hydrogen) atoms. The summed E-state index contributed by atoms with van der Waals surface area (Å²) in [5.74, 6) is 5.96. The summed E-state index contributed by atoms with van der Waals surface area (Å²) >= 11 is 0. The Morgan fingerprint density at radius 2 is 1.48 bits per heavy atom. The first-order valence-corrected chi connectivity index (χ1v) is 11.2. The number of rotatable bonds is 7. The predicted molar refractivity (Wildman–Crippen MR) is 138 cm³/mol. The summed E-state index contributed by atoms with van der Waals surface area (Å²) in [6.07, 6.45) is 7.28. The van der Waals surface area contributed by atoms with E-state index in [0.717, 1.165) is 44.4 Å². The highest BCUT2D eigenvalue weighted by Crippen LogP contribution is 2.25. The van der Waals surface area contributed by atoms with E-state index in [4.69, 9.17) is 25.4 Å². The zero-order chi connectivity index (χ0) is 23.8. The Bertz CT molecular complexity index is 1290. The van der Waals surface area contributed by atoms with E-state index in [2.05, 4.69) is 0 Å². The number of benzene rings is 2. The highest BCUT2D eigenvalue weighted by molar-refractivity contribution is 6.15. The standard InChI is InChI=1S/C25H26N4O2.C2H6/c1-3-29(27)16-28-23(21-9-5-7-19-11-13-31-25(19)21)15-17(2)14-22(26)20-8-4-6-18-10-12-30-24(18)20;1-2/h4-15H,3,16,26-27H2,1-2H3;1-2H3/b17-15+,22-14-,28-23+;. The number of fused-ring (bicyclic) bond motifs is 2. The number of para-hydroxylation sites is 2. The number of nitrogens with two attached hydrogens (primary N) is 2. The number of nitrogens with zero attached hydrogens (tertiary/aromatic N) is 2. The van der Waals surface area contributed by atoms with E-state index < -0.39 is 0 Å². The molecular formula is C27H32N4O2. The normalized spacial score (nSPS) is 13.0. The van der Waals surface area contributed by atoms with Crippen molar-refractivity contribution in [3.63, 3.8) is 0 Å². The zero-order valence-corrected chi connectivity index (χ0v) is 19.7. The minimum atomic E-state index is 0.373. The number of aliphatic imine (C=N–C) groups is 1. The maximum atomic E-state index is 6.43. The van der Waals surface area contributed by atoms with Crippen LogP contribution in [-0.4, -0.2) is 23.9 Å². The molecule has 2 heterocycles. The quantitative estimate of drug-likeness (QED) is 0.156. The van der Waals surface area contributed by atoms with Crippen molar-refractivity contribution in [3.05, 3.63) is 89.9 Å². The average molecular weight is 445 g/mol. The molecule has 0 saturated heterocycles. The molecule has 4 rings (SSSR count). The third-order valence-electron chi connectivity index (χ3n) is 5.12. The van der Waals surface area contributed by atoms with Crippen LogP contribution in [0.1, 0.15) is 38.8 Å². The van der Waals surface area contributed by atoms with E-state index in [1.807, 2.05) is 88.4 Å². The van der Waals surface area contributed by atoms with Gasteiger partial charge in [-0.3, -0.25) is 10.8 Å². The smallest absolute Gasteiger partial charge is 0.143 e. The van der Waals surface area contributed by atoms with Crippen LogP contribution in [0, 0.1) is 0 Å². The lowest BCUT2D eigenvalue weighted by atomic mass is 10.0. The number of hydrogen-bond acceptors (Lipinski definition) is 6. The Hall–Kier alpha value is -3.61. The summed E-state index contributed by atoms with van der Waals surface area (Å²) in [7, 11) is 0. The fourth-order valence-electron chi connectivity index (χ4n) is 3.47. The molecule has 0 saturated carbocycles. The van der Waals surface area contributed by atoms with Crippen LogP contribution in [-0.2, 0) is 0 Å². The van der Waals surface area contributed by atoms with E-state index in [1.165, 1.54) is 0 Å². The highest BCUT2D eigenvalue weighted by Gasteiger charge is 2.11. The Morgan fingerprint density at radius 3 is 2.09 bits per heavy atom. The van der Waals surface area contributed by atoms with Gasteiger partial charge in [-0.2, -0.15) is 0 Å². The third-order valence-corrected chi connectivity index (χ3v) is 5.12. The van der Waals surface area contributed by atoms with Crippen molar-refractivity contribution in [1.82, 2.24) is 5.01 Å². The Morgan fingerprint density at radius 1 is 0.909 bits per heavy atom. The van der Waals surface area contributed by atoms with E-state index in [9.17, 15) is 0 Å². The summed E-state index contributed by atoms with van der Waals surface area (Å²) in [5, 5.41) is 3.69. The fourth-order valence-corrected chi connectivity index (χ4v) is 3.47. The summed E-state index contributed by atoms with van der Waals surface area (Å²) in [6.45, 7) is 9.05. The van der Waals surface area contributed by atoms with Crippen LogP contribution in [0.4, 0.5) is 0 Å². The van der Waals surface area contributed by atoms with Crippen molar-refractivity contribution in [2.75, 3.05) is 13.2 Å². The molecule has 0 aliphatic carbocycles. The topological polar surface area (TPSA) is 93.9 Å². The number of hydrogen-bond donors (Lipinski definition) is 2. The molecule has 0 bridgehead atoms. The molecule has 0 aliphatic heterocycles. The maximum absolute atomic E-state index is 6.43. The first-order valence-electron chi connectivity index (χ1n) is 11.2. The summed E-state index contributed by atoms with van der Waals surface area (Å²) < 4.78 is 11.3. The molecule has 0 spiro atoms. The lowest BCUT2D eigenvalue weighted by Crippen LogP contribution is -2.31. The van der Waals surface area contributed by atoms with Gasteiger partial charge in [-0.25, -0.2) is 5.01 Å². The van der Waals surface area contributed by atoms with Gasteiger partial charge in [0.1, 0.15) is 17.8 Å². The second-order valence-electron chi connectivity index (χ2n) is 7.37. The molecule has 172 valence electrons. The zero-order valence-electron chi connectivity index (χ0n) is 19.7. The lowest BCUT2D eigenvalue weighted by molar-refractivity contribution is 0.310. The molecule has 4 aromatic rings. The molecule has 2 aromatic carbocycles. The molecule has 0 radical (unpaired) electrons. The minimum absolute atomic E-state index is 0.373. The van der Waals surface area contributed by atoms with Crippen LogP contribution in [0.25, 0.3) is 27.6 Å². The lowest BCUT2D eigenvalue weighted by Gasteiger charge is -2.12. The molecule has 6 nitrogen and oxygen atoms in total. The number of allylic oxidation sites excluding steroid dienone is 3. The van der Waals surface area contributed by atoms with Crippen molar-refractivity contribution in [1.29, 1.82) is 0 Å². The monoisotopic (exact) mass is 444 g/mol. The largest absolute Gasteiger partial charge is 0.464 e. The molecule has 0 amide bonds. The van der Waals surface area contributed by atoms with Gasteiger partial charge in [0.2, 0.25) is 0 Å². The van der Waals surface area contributed by atoms with Gasteiger partial charge in [0.05, 0.1) is 18.2 Å².